The molecule has 11 aliphatic heterocycles. The van der Waals surface area contributed by atoms with Gasteiger partial charge in [0.15, 0.2) is 5.78 Å². The van der Waals surface area contributed by atoms with Crippen LogP contribution >= 0.6 is 0 Å². The third-order valence-electron chi connectivity index (χ3n) is 18.4. The summed E-state index contributed by atoms with van der Waals surface area (Å²) in [5, 5.41) is 12.1. The van der Waals surface area contributed by atoms with E-state index in [1.165, 1.54) is 13.8 Å². The van der Waals surface area contributed by atoms with E-state index in [2.05, 4.69) is 31.5 Å². The largest absolute Gasteiger partial charge is 0.397 e. The lowest BCUT2D eigenvalue weighted by molar-refractivity contribution is -0.367. The quantitative estimate of drug-likeness (QED) is 0.244. The van der Waals surface area contributed by atoms with Gasteiger partial charge in [0.05, 0.1) is 121 Å². The van der Waals surface area contributed by atoms with Gasteiger partial charge in [-0.05, 0) is 78.2 Å². The molecule has 0 amide bonds. The molecular formula is C48H72O21S2. The zero-order valence-corrected chi connectivity index (χ0v) is 42.9. The van der Waals surface area contributed by atoms with Gasteiger partial charge >= 0.3 is 20.8 Å². The average molecular weight is 1050 g/mol. The van der Waals surface area contributed by atoms with Crippen LogP contribution in [0.3, 0.4) is 0 Å². The molecule has 21 nitrogen and oxygen atoms in total. The molecule has 11 saturated heterocycles. The summed E-state index contributed by atoms with van der Waals surface area (Å²) in [7, 11) is -9.72. The van der Waals surface area contributed by atoms with E-state index in [-0.39, 0.29) is 85.6 Å². The van der Waals surface area contributed by atoms with E-state index >= 15 is 0 Å². The van der Waals surface area contributed by atoms with E-state index in [1.54, 1.807) is 0 Å². The minimum absolute atomic E-state index is 0.00602. The van der Waals surface area contributed by atoms with Gasteiger partial charge in [0.2, 0.25) is 0 Å². The molecule has 0 spiro atoms. The second kappa shape index (κ2) is 18.4. The standard InChI is InChI=1S/C48H72O21S2/c1-22-8-10-46(5)38(62-35-18-36-43(65-42(22)35)44(50)48(7)40(63-36)20-32-33(67-48)14-23(2)41(64-32)24(3)49)21-37-47(6,69-46)11-9-25-26(61-37)15-28-27(58-25)16-29-30(59-28)17-34-31(60-29)19-39(68-71(54,55)56)45(4,66-34)12-13-57-70(51,52)53/h22,25-44,50H,2,8-21H2,1,3-7H3,(H,51,52,53)(H,54,55,56). The molecule has 11 rings (SSSR count). The molecule has 11 heterocycles. The molecule has 0 aromatic carbocycles. The maximum absolute atomic E-state index is 12.4. The van der Waals surface area contributed by atoms with Gasteiger partial charge in [0.1, 0.15) is 30.0 Å². The first-order chi connectivity index (χ1) is 33.3. The smallest absolute Gasteiger partial charge is 0.387 e. The van der Waals surface area contributed by atoms with Crippen molar-refractivity contribution in [3.63, 3.8) is 0 Å². The molecule has 0 aromatic rings. The Labute approximate surface area is 415 Å². The number of aliphatic hydroxyl groups is 1. The number of carbonyl (C=O) groups excluding carboxylic acids is 1. The fraction of sp³-hybridized carbons (Fsp3) is 0.938. The van der Waals surface area contributed by atoms with E-state index < -0.39 is 111 Å². The fourth-order valence-corrected chi connectivity index (χ4v) is 15.4. The van der Waals surface area contributed by atoms with Crippen LogP contribution in [0.15, 0.2) is 12.2 Å². The van der Waals surface area contributed by atoms with Gasteiger partial charge in [-0.15, -0.1) is 0 Å². The summed E-state index contributed by atoms with van der Waals surface area (Å²) in [5.74, 6) is -0.0172. The van der Waals surface area contributed by atoms with Crippen LogP contribution < -0.4 is 0 Å². The third-order valence-corrected chi connectivity index (χ3v) is 19.3. The Kier molecular flexibility index (Phi) is 13.4. The third kappa shape index (κ3) is 9.67. The predicted molar refractivity (Wildman–Crippen MR) is 243 cm³/mol. The van der Waals surface area contributed by atoms with Gasteiger partial charge in [0.25, 0.3) is 0 Å². The summed E-state index contributed by atoms with van der Waals surface area (Å²) in [6.07, 6.45) is -3.68. The SMILES string of the molecule is C=C1CC2OC3(C)C(CC2OC1C(C)=O)OC1CC2OC4CC5OC6CC7OC8CC9OC(C)(CCOS(=O)(=O)O)C(OS(=O)(=O)O)CC9OC8CC7OC6CCC5(C)OC4(C)CCC(C)C2OC1C3O. The van der Waals surface area contributed by atoms with Crippen LogP contribution in [0.2, 0.25) is 0 Å². The van der Waals surface area contributed by atoms with Gasteiger partial charge in [-0.2, -0.15) is 16.8 Å². The summed E-state index contributed by atoms with van der Waals surface area (Å²) < 4.78 is 150. The number of ketones is 1. The van der Waals surface area contributed by atoms with Crippen molar-refractivity contribution >= 4 is 26.6 Å². The fourth-order valence-electron chi connectivity index (χ4n) is 14.5. The molecule has 0 saturated carbocycles. The minimum Gasteiger partial charge on any atom is -0.387 e. The summed E-state index contributed by atoms with van der Waals surface area (Å²) in [5.41, 5.74) is -3.11. The second-order valence-electron chi connectivity index (χ2n) is 23.4. The molecule has 0 aromatic heterocycles. The molecule has 11 fully saturated rings. The van der Waals surface area contributed by atoms with Crippen LogP contribution in [0.4, 0.5) is 0 Å². The molecule has 402 valence electrons. The normalized spacial score (nSPS) is 53.9. The zero-order valence-electron chi connectivity index (χ0n) is 41.2. The van der Waals surface area contributed by atoms with Crippen molar-refractivity contribution in [3.8, 4) is 0 Å². The predicted octanol–water partition coefficient (Wildman–Crippen LogP) is 3.21. The molecule has 25 atom stereocenters. The number of hydrogen-bond acceptors (Lipinski definition) is 19. The number of ether oxygens (including phenoxy) is 11. The van der Waals surface area contributed by atoms with Gasteiger partial charge in [-0.25, -0.2) is 8.37 Å². The molecule has 25 unspecified atom stereocenters. The van der Waals surface area contributed by atoms with Crippen LogP contribution in [-0.2, 0) is 86.1 Å². The number of rotatable bonds is 7. The second-order valence-corrected chi connectivity index (χ2v) is 25.6. The highest BCUT2D eigenvalue weighted by Crippen LogP contribution is 2.53. The molecule has 11 aliphatic rings. The van der Waals surface area contributed by atoms with Crippen molar-refractivity contribution < 1.29 is 96.3 Å². The Bertz CT molecular complexity index is 2290. The van der Waals surface area contributed by atoms with Crippen LogP contribution in [0.1, 0.15) is 125 Å². The maximum Gasteiger partial charge on any atom is 0.397 e. The van der Waals surface area contributed by atoms with E-state index in [9.17, 15) is 31.3 Å². The Balaban J connectivity index is 0.758. The van der Waals surface area contributed by atoms with E-state index in [1.807, 2.05) is 6.92 Å². The number of fused-ring (bicyclic) bond motifs is 10. The van der Waals surface area contributed by atoms with Crippen LogP contribution in [-0.4, -0.2) is 188 Å². The lowest BCUT2D eigenvalue weighted by Crippen LogP contribution is -2.73. The summed E-state index contributed by atoms with van der Waals surface area (Å²) >= 11 is 0. The van der Waals surface area contributed by atoms with E-state index in [0.717, 1.165) is 12.8 Å². The molecule has 3 N–H and O–H groups in total. The van der Waals surface area contributed by atoms with Crippen molar-refractivity contribution in [3.05, 3.63) is 12.2 Å². The van der Waals surface area contributed by atoms with Crippen molar-refractivity contribution in [2.75, 3.05) is 6.61 Å². The maximum atomic E-state index is 12.4. The van der Waals surface area contributed by atoms with Crippen LogP contribution in [0, 0.1) is 5.92 Å². The van der Waals surface area contributed by atoms with Gasteiger partial charge < -0.3 is 57.2 Å². The summed E-state index contributed by atoms with van der Waals surface area (Å²) in [6.45, 7) is 15.0. The number of hydrogen-bond donors (Lipinski definition) is 3. The Morgan fingerprint density at radius 3 is 1.83 bits per heavy atom. The van der Waals surface area contributed by atoms with Crippen LogP contribution in [0.5, 0.6) is 0 Å². The van der Waals surface area contributed by atoms with Gasteiger partial charge in [-0.1, -0.05) is 13.5 Å². The van der Waals surface area contributed by atoms with E-state index in [0.29, 0.717) is 63.4 Å². The van der Waals surface area contributed by atoms with Gasteiger partial charge in [-0.3, -0.25) is 13.9 Å². The molecule has 0 radical (unpaired) electrons. The monoisotopic (exact) mass is 1050 g/mol. The van der Waals surface area contributed by atoms with Crippen molar-refractivity contribution in [2.45, 2.75) is 269 Å². The average Bonchev–Trinajstić information content (AvgIpc) is 3.39. The Hall–Kier alpha value is -1.33. The molecule has 0 bridgehead atoms. The summed E-state index contributed by atoms with van der Waals surface area (Å²) in [4.78, 5) is 12.4. The van der Waals surface area contributed by atoms with Gasteiger partial charge in [0, 0.05) is 51.4 Å². The van der Waals surface area contributed by atoms with Crippen molar-refractivity contribution in [2.24, 2.45) is 5.92 Å². The first kappa shape index (κ1) is 51.8. The summed E-state index contributed by atoms with van der Waals surface area (Å²) in [6, 6.07) is 0. The topological polar surface area (TPSA) is 266 Å². The molecular weight excluding hydrogens is 977 g/mol. The number of carbonyl (C=O) groups is 1. The minimum atomic E-state index is -4.94. The number of aliphatic hydroxyl groups excluding tert-OH is 1. The van der Waals surface area contributed by atoms with Crippen molar-refractivity contribution in [1.82, 2.24) is 0 Å². The Morgan fingerprint density at radius 1 is 0.634 bits per heavy atom. The molecule has 0 aliphatic carbocycles. The van der Waals surface area contributed by atoms with Crippen LogP contribution in [0.25, 0.3) is 0 Å². The number of Topliss-reactive ketones (excluding diaryl/α,β-unsaturated/α-hetero) is 1. The van der Waals surface area contributed by atoms with Crippen molar-refractivity contribution in [1.29, 1.82) is 0 Å². The molecule has 71 heavy (non-hydrogen) atoms. The molecule has 23 heteroatoms. The highest BCUT2D eigenvalue weighted by molar-refractivity contribution is 7.81. The lowest BCUT2D eigenvalue weighted by atomic mass is 9.73. The lowest BCUT2D eigenvalue weighted by Gasteiger charge is -2.60. The Morgan fingerprint density at radius 2 is 1.18 bits per heavy atom. The highest BCUT2D eigenvalue weighted by Gasteiger charge is 2.65. The first-order valence-electron chi connectivity index (χ1n) is 25.7. The van der Waals surface area contributed by atoms with E-state index in [4.69, 9.17) is 60.8 Å². The first-order valence-corrected chi connectivity index (χ1v) is 28.4. The zero-order chi connectivity index (χ0) is 50.4. The highest BCUT2D eigenvalue weighted by atomic mass is 32.3.